The van der Waals surface area contributed by atoms with Crippen LogP contribution >= 0.6 is 0 Å². The van der Waals surface area contributed by atoms with Gasteiger partial charge in [0.25, 0.3) is 0 Å². The van der Waals surface area contributed by atoms with Gasteiger partial charge in [-0.05, 0) is 65.1 Å². The molecule has 24 heavy (non-hydrogen) atoms. The Morgan fingerprint density at radius 2 is 1.92 bits per heavy atom. The van der Waals surface area contributed by atoms with E-state index in [-0.39, 0.29) is 11.6 Å². The molecular weight excluding hydrogens is 302 g/mol. The third-order valence-corrected chi connectivity index (χ3v) is 4.52. The SMILES string of the molecule is CC1(NCCc2ccccc2N)CCN(C(=O)OC(C)(C)C)CC1. The monoisotopic (exact) mass is 333 g/mol. The van der Waals surface area contributed by atoms with Crippen LogP contribution in [0.25, 0.3) is 0 Å². The highest BCUT2D eigenvalue weighted by Crippen LogP contribution is 2.23. The van der Waals surface area contributed by atoms with Crippen molar-refractivity contribution in [2.75, 3.05) is 25.4 Å². The summed E-state index contributed by atoms with van der Waals surface area (Å²) in [6, 6.07) is 7.99. The van der Waals surface area contributed by atoms with Crippen LogP contribution in [0.5, 0.6) is 0 Å². The van der Waals surface area contributed by atoms with Crippen LogP contribution in [-0.4, -0.2) is 41.8 Å². The molecule has 0 atom stereocenters. The normalized spacial score (nSPS) is 17.6. The number of rotatable bonds is 4. The van der Waals surface area contributed by atoms with Crippen LogP contribution in [0.3, 0.4) is 0 Å². The average molecular weight is 333 g/mol. The number of anilines is 1. The molecule has 134 valence electrons. The van der Waals surface area contributed by atoms with Gasteiger partial charge in [0.2, 0.25) is 0 Å². The second kappa shape index (κ2) is 7.43. The highest BCUT2D eigenvalue weighted by molar-refractivity contribution is 5.68. The number of carbonyl (C=O) groups excluding carboxylic acids is 1. The van der Waals surface area contributed by atoms with E-state index in [1.54, 1.807) is 0 Å². The van der Waals surface area contributed by atoms with Gasteiger partial charge in [0.15, 0.2) is 0 Å². The Kier molecular flexibility index (Phi) is 5.75. The summed E-state index contributed by atoms with van der Waals surface area (Å²) in [5, 5.41) is 3.65. The van der Waals surface area contributed by atoms with Crippen LogP contribution in [0.4, 0.5) is 10.5 Å². The molecule has 1 fully saturated rings. The van der Waals surface area contributed by atoms with E-state index in [1.165, 1.54) is 5.56 Å². The number of nitrogens with zero attached hydrogens (tertiary/aromatic N) is 1. The molecule has 0 spiro atoms. The van der Waals surface area contributed by atoms with E-state index in [0.717, 1.165) is 44.6 Å². The summed E-state index contributed by atoms with van der Waals surface area (Å²) >= 11 is 0. The largest absolute Gasteiger partial charge is 0.444 e. The van der Waals surface area contributed by atoms with Crippen molar-refractivity contribution in [3.05, 3.63) is 29.8 Å². The Morgan fingerprint density at radius 1 is 1.29 bits per heavy atom. The third kappa shape index (κ3) is 5.41. The van der Waals surface area contributed by atoms with Crippen molar-refractivity contribution in [2.45, 2.75) is 58.1 Å². The summed E-state index contributed by atoms with van der Waals surface area (Å²) in [6.45, 7) is 10.3. The lowest BCUT2D eigenvalue weighted by atomic mass is 9.89. The van der Waals surface area contributed by atoms with Gasteiger partial charge in [0.1, 0.15) is 5.60 Å². The molecule has 0 bridgehead atoms. The first-order valence-electron chi connectivity index (χ1n) is 8.75. The Balaban J connectivity index is 1.78. The van der Waals surface area contributed by atoms with E-state index in [9.17, 15) is 4.79 Å². The number of hydrogen-bond donors (Lipinski definition) is 2. The minimum atomic E-state index is -0.439. The first kappa shape index (κ1) is 18.6. The summed E-state index contributed by atoms with van der Waals surface area (Å²) in [4.78, 5) is 13.9. The lowest BCUT2D eigenvalue weighted by molar-refractivity contribution is 0.0158. The number of nitrogens with two attached hydrogens (primary N) is 1. The molecule has 0 aliphatic carbocycles. The quantitative estimate of drug-likeness (QED) is 0.831. The molecule has 0 unspecified atom stereocenters. The molecule has 5 nitrogen and oxygen atoms in total. The van der Waals surface area contributed by atoms with Crippen molar-refractivity contribution < 1.29 is 9.53 Å². The Labute approximate surface area is 145 Å². The van der Waals surface area contributed by atoms with Crippen LogP contribution < -0.4 is 11.1 Å². The van der Waals surface area contributed by atoms with Crippen LogP contribution in [0.15, 0.2) is 24.3 Å². The first-order valence-corrected chi connectivity index (χ1v) is 8.75. The Morgan fingerprint density at radius 3 is 2.50 bits per heavy atom. The molecule has 5 heteroatoms. The van der Waals surface area contributed by atoms with E-state index in [4.69, 9.17) is 10.5 Å². The van der Waals surface area contributed by atoms with E-state index in [0.29, 0.717) is 0 Å². The lowest BCUT2D eigenvalue weighted by Crippen LogP contribution is -2.53. The van der Waals surface area contributed by atoms with Gasteiger partial charge in [-0.25, -0.2) is 4.79 Å². The number of para-hydroxylation sites is 1. The van der Waals surface area contributed by atoms with Crippen molar-refractivity contribution in [1.82, 2.24) is 10.2 Å². The summed E-state index contributed by atoms with van der Waals surface area (Å²) in [7, 11) is 0. The number of amides is 1. The number of carbonyl (C=O) groups is 1. The van der Waals surface area contributed by atoms with Crippen molar-refractivity contribution in [3.63, 3.8) is 0 Å². The fourth-order valence-electron chi connectivity index (χ4n) is 2.95. The highest BCUT2D eigenvalue weighted by Gasteiger charge is 2.33. The van der Waals surface area contributed by atoms with Gasteiger partial charge in [-0.3, -0.25) is 0 Å². The molecule has 1 aromatic carbocycles. The molecule has 0 radical (unpaired) electrons. The number of ether oxygens (including phenoxy) is 1. The maximum atomic E-state index is 12.1. The van der Waals surface area contributed by atoms with Gasteiger partial charge in [-0.15, -0.1) is 0 Å². The van der Waals surface area contributed by atoms with Gasteiger partial charge in [0.05, 0.1) is 0 Å². The number of piperidine rings is 1. The summed E-state index contributed by atoms with van der Waals surface area (Å²) in [5.41, 5.74) is 7.64. The molecular formula is C19H31N3O2. The predicted octanol–water partition coefficient (Wildman–Crippen LogP) is 3.19. The van der Waals surface area contributed by atoms with Crippen LogP contribution in [-0.2, 0) is 11.2 Å². The minimum absolute atomic E-state index is 0.0576. The molecule has 3 N–H and O–H groups in total. The van der Waals surface area contributed by atoms with Crippen molar-refractivity contribution in [2.24, 2.45) is 0 Å². The van der Waals surface area contributed by atoms with Crippen LogP contribution in [0, 0.1) is 0 Å². The van der Waals surface area contributed by atoms with Crippen molar-refractivity contribution in [1.29, 1.82) is 0 Å². The van der Waals surface area contributed by atoms with E-state index < -0.39 is 5.60 Å². The second-order valence-electron chi connectivity index (χ2n) is 7.90. The fraction of sp³-hybridized carbons (Fsp3) is 0.632. The molecule has 1 aliphatic heterocycles. The van der Waals surface area contributed by atoms with Crippen LogP contribution in [0.2, 0.25) is 0 Å². The molecule has 1 aromatic rings. The summed E-state index contributed by atoms with van der Waals surface area (Å²) in [6.07, 6.45) is 2.56. The fourth-order valence-corrected chi connectivity index (χ4v) is 2.95. The predicted molar refractivity (Wildman–Crippen MR) is 98.0 cm³/mol. The van der Waals surface area contributed by atoms with Gasteiger partial charge in [-0.2, -0.15) is 0 Å². The highest BCUT2D eigenvalue weighted by atomic mass is 16.6. The molecule has 1 amide bonds. The van der Waals surface area contributed by atoms with Gasteiger partial charge < -0.3 is 20.7 Å². The van der Waals surface area contributed by atoms with Crippen LogP contribution in [0.1, 0.15) is 46.1 Å². The number of likely N-dealkylation sites (tertiary alicyclic amines) is 1. The second-order valence-corrected chi connectivity index (χ2v) is 7.90. The molecule has 1 heterocycles. The Bertz CT molecular complexity index is 558. The zero-order chi connectivity index (χ0) is 17.8. The first-order chi connectivity index (χ1) is 11.2. The standard InChI is InChI=1S/C19H31N3O2/c1-18(2,3)24-17(23)22-13-10-19(4,11-14-22)21-12-9-15-7-5-6-8-16(15)20/h5-8,21H,9-14,20H2,1-4H3. The zero-order valence-electron chi connectivity index (χ0n) is 15.4. The van der Waals surface area contributed by atoms with Gasteiger partial charge in [0, 0.05) is 24.3 Å². The molecule has 0 aromatic heterocycles. The maximum Gasteiger partial charge on any atom is 0.410 e. The number of hydrogen-bond acceptors (Lipinski definition) is 4. The zero-order valence-corrected chi connectivity index (χ0v) is 15.4. The summed E-state index contributed by atoms with van der Waals surface area (Å²) in [5.74, 6) is 0. The van der Waals surface area contributed by atoms with Gasteiger partial charge in [-0.1, -0.05) is 18.2 Å². The third-order valence-electron chi connectivity index (χ3n) is 4.52. The minimum Gasteiger partial charge on any atom is -0.444 e. The summed E-state index contributed by atoms with van der Waals surface area (Å²) < 4.78 is 5.45. The molecule has 0 saturated carbocycles. The number of nitrogen functional groups attached to an aromatic ring is 1. The van der Waals surface area contributed by atoms with Crippen molar-refractivity contribution >= 4 is 11.8 Å². The Hall–Kier alpha value is -1.75. The average Bonchev–Trinajstić information content (AvgIpc) is 2.48. The van der Waals surface area contributed by atoms with E-state index in [2.05, 4.69) is 18.3 Å². The van der Waals surface area contributed by atoms with E-state index >= 15 is 0 Å². The number of benzene rings is 1. The molecule has 1 aliphatic rings. The van der Waals surface area contributed by atoms with Gasteiger partial charge >= 0.3 is 6.09 Å². The maximum absolute atomic E-state index is 12.1. The topological polar surface area (TPSA) is 67.6 Å². The smallest absolute Gasteiger partial charge is 0.410 e. The number of nitrogens with one attached hydrogen (secondary N) is 1. The molecule has 2 rings (SSSR count). The van der Waals surface area contributed by atoms with Crippen molar-refractivity contribution in [3.8, 4) is 0 Å². The lowest BCUT2D eigenvalue weighted by Gasteiger charge is -2.40. The van der Waals surface area contributed by atoms with E-state index in [1.807, 2.05) is 43.9 Å². The molecule has 1 saturated heterocycles.